The molecule has 0 fully saturated rings. The lowest BCUT2D eigenvalue weighted by molar-refractivity contribution is 0.509. The molecule has 0 spiro atoms. The van der Waals surface area contributed by atoms with Gasteiger partial charge in [0.15, 0.2) is 11.6 Å². The third-order valence-electron chi connectivity index (χ3n) is 2.48. The van der Waals surface area contributed by atoms with Gasteiger partial charge in [0.25, 0.3) is 10.0 Å². The van der Waals surface area contributed by atoms with Crippen LogP contribution in [0.5, 0.6) is 0 Å². The Morgan fingerprint density at radius 2 is 2.00 bits per heavy atom. The Kier molecular flexibility index (Phi) is 2.81. The average molecular weight is 316 g/mol. The molecule has 0 radical (unpaired) electrons. The number of sulfonamides is 1. The van der Waals surface area contributed by atoms with Crippen LogP contribution >= 0.6 is 11.3 Å². The summed E-state index contributed by atoms with van der Waals surface area (Å²) < 4.78 is 49.2. The Hall–Kier alpha value is -1.91. The van der Waals surface area contributed by atoms with Gasteiger partial charge in [-0.25, -0.2) is 31.8 Å². The van der Waals surface area contributed by atoms with Gasteiger partial charge in [-0.05, 0) is 18.2 Å². The molecule has 0 bridgehead atoms. The van der Waals surface area contributed by atoms with Crippen molar-refractivity contribution in [3.63, 3.8) is 0 Å². The van der Waals surface area contributed by atoms with E-state index in [4.69, 9.17) is 5.14 Å². The molecule has 0 aliphatic rings. The van der Waals surface area contributed by atoms with Crippen molar-refractivity contribution in [1.29, 1.82) is 0 Å². The first-order chi connectivity index (χ1) is 9.34. The predicted octanol–water partition coefficient (Wildman–Crippen LogP) is 1.38. The fourth-order valence-corrected chi connectivity index (χ4v) is 3.10. The molecule has 0 aliphatic carbocycles. The first kappa shape index (κ1) is 13.1. The topological polar surface area (TPSA) is 90.4 Å². The van der Waals surface area contributed by atoms with Crippen LogP contribution in [-0.4, -0.2) is 23.0 Å². The van der Waals surface area contributed by atoms with Gasteiger partial charge >= 0.3 is 0 Å². The maximum atomic E-state index is 13.1. The molecule has 0 aliphatic heterocycles. The summed E-state index contributed by atoms with van der Waals surface area (Å²) in [5.41, 5.74) is 0.711. The zero-order valence-electron chi connectivity index (χ0n) is 9.62. The molecule has 6 nitrogen and oxygen atoms in total. The van der Waals surface area contributed by atoms with E-state index < -0.39 is 21.7 Å². The smallest absolute Gasteiger partial charge is 0.223 e. The lowest BCUT2D eigenvalue weighted by Gasteiger charge is -1.97. The number of nitrogens with zero attached hydrogens (tertiary/aromatic N) is 3. The van der Waals surface area contributed by atoms with Crippen molar-refractivity contribution in [2.45, 2.75) is 4.34 Å². The normalized spacial score (nSPS) is 12.2. The minimum absolute atomic E-state index is 0.267. The molecule has 0 amide bonds. The van der Waals surface area contributed by atoms with Crippen LogP contribution in [-0.2, 0) is 10.0 Å². The van der Waals surface area contributed by atoms with Crippen LogP contribution in [0.2, 0.25) is 0 Å². The maximum absolute atomic E-state index is 13.1. The van der Waals surface area contributed by atoms with Crippen molar-refractivity contribution >= 4 is 26.3 Å². The van der Waals surface area contributed by atoms with Crippen LogP contribution in [0.3, 0.4) is 0 Å². The van der Waals surface area contributed by atoms with E-state index in [0.717, 1.165) is 23.5 Å². The number of halogens is 2. The molecule has 20 heavy (non-hydrogen) atoms. The summed E-state index contributed by atoms with van der Waals surface area (Å²) in [6.45, 7) is 0. The lowest BCUT2D eigenvalue weighted by atomic mass is 10.1. The van der Waals surface area contributed by atoms with Gasteiger partial charge in [0.2, 0.25) is 9.30 Å². The van der Waals surface area contributed by atoms with Crippen LogP contribution in [0.25, 0.3) is 16.2 Å². The molecule has 1 aromatic carbocycles. The Balaban J connectivity index is 2.10. The molecule has 2 aromatic heterocycles. The van der Waals surface area contributed by atoms with Crippen molar-refractivity contribution < 1.29 is 17.2 Å². The first-order valence-corrected chi connectivity index (χ1v) is 7.55. The first-order valence-electron chi connectivity index (χ1n) is 5.19. The summed E-state index contributed by atoms with van der Waals surface area (Å²) in [4.78, 5) is 4.38. The Morgan fingerprint density at radius 1 is 1.25 bits per heavy atom. The highest BCUT2D eigenvalue weighted by molar-refractivity contribution is 7.91. The SMILES string of the molecule is NS(=O)(=O)c1nn2cc(-c3ccc(F)c(F)c3)nc2s1. The highest BCUT2D eigenvalue weighted by Gasteiger charge is 2.17. The highest BCUT2D eigenvalue weighted by atomic mass is 32.2. The van der Waals surface area contributed by atoms with E-state index in [1.54, 1.807) is 0 Å². The summed E-state index contributed by atoms with van der Waals surface area (Å²) in [6, 6.07) is 3.36. The summed E-state index contributed by atoms with van der Waals surface area (Å²) in [5, 5.41) is 8.72. The van der Waals surface area contributed by atoms with Crippen molar-refractivity contribution in [3.05, 3.63) is 36.0 Å². The zero-order valence-corrected chi connectivity index (χ0v) is 11.3. The van der Waals surface area contributed by atoms with Gasteiger partial charge in [0, 0.05) is 5.56 Å². The standard InChI is InChI=1S/C10H6F2N4O2S2/c11-6-2-1-5(3-7(6)12)8-4-16-9(14-8)19-10(15-16)20(13,17)18/h1-4H,(H2,13,17,18). The molecule has 0 atom stereocenters. The van der Waals surface area contributed by atoms with E-state index in [-0.39, 0.29) is 9.30 Å². The number of aromatic nitrogens is 3. The Morgan fingerprint density at radius 3 is 2.60 bits per heavy atom. The summed E-state index contributed by atoms with van der Waals surface area (Å²) in [5.74, 6) is -1.94. The number of rotatable bonds is 2. The molecule has 0 saturated carbocycles. The van der Waals surface area contributed by atoms with E-state index in [0.29, 0.717) is 11.3 Å². The molecule has 104 valence electrons. The lowest BCUT2D eigenvalue weighted by Crippen LogP contribution is -2.12. The van der Waals surface area contributed by atoms with Crippen LogP contribution in [0.15, 0.2) is 28.7 Å². The second kappa shape index (κ2) is 4.30. The molecule has 2 N–H and O–H groups in total. The summed E-state index contributed by atoms with van der Waals surface area (Å²) >= 11 is 0.787. The van der Waals surface area contributed by atoms with Gasteiger partial charge in [-0.1, -0.05) is 11.3 Å². The third-order valence-corrected chi connectivity index (χ3v) is 4.72. The molecule has 0 saturated heterocycles. The van der Waals surface area contributed by atoms with E-state index in [1.165, 1.54) is 16.8 Å². The number of fused-ring (bicyclic) bond motifs is 1. The van der Waals surface area contributed by atoms with Gasteiger partial charge < -0.3 is 0 Å². The fourth-order valence-electron chi connectivity index (χ4n) is 1.59. The number of imidazole rings is 1. The predicted molar refractivity (Wildman–Crippen MR) is 67.6 cm³/mol. The number of primary sulfonamides is 1. The summed E-state index contributed by atoms with van der Waals surface area (Å²) in [7, 11) is -3.89. The molecule has 10 heteroatoms. The monoisotopic (exact) mass is 316 g/mol. The summed E-state index contributed by atoms with van der Waals surface area (Å²) in [6.07, 6.45) is 1.41. The van der Waals surface area contributed by atoms with Crippen LogP contribution in [0, 0.1) is 11.6 Å². The molecule has 0 unspecified atom stereocenters. The molecule has 3 rings (SSSR count). The molecule has 2 heterocycles. The maximum Gasteiger partial charge on any atom is 0.267 e. The van der Waals surface area contributed by atoms with Crippen LogP contribution < -0.4 is 5.14 Å². The minimum atomic E-state index is -3.89. The fraction of sp³-hybridized carbons (Fsp3) is 0. The zero-order chi connectivity index (χ0) is 14.5. The van der Waals surface area contributed by atoms with Crippen molar-refractivity contribution in [3.8, 4) is 11.3 Å². The Labute approximate surface area is 115 Å². The third kappa shape index (κ3) is 2.17. The second-order valence-corrected chi connectivity index (χ2v) is 6.59. The van der Waals surface area contributed by atoms with E-state index in [1.807, 2.05) is 0 Å². The number of hydrogen-bond acceptors (Lipinski definition) is 5. The largest absolute Gasteiger partial charge is 0.267 e. The number of hydrogen-bond donors (Lipinski definition) is 1. The Bertz CT molecular complexity index is 885. The quantitative estimate of drug-likeness (QED) is 0.773. The molecular weight excluding hydrogens is 310 g/mol. The van der Waals surface area contributed by atoms with Gasteiger partial charge in [-0.3, -0.25) is 0 Å². The number of benzene rings is 1. The average Bonchev–Trinajstić information content (AvgIpc) is 2.89. The van der Waals surface area contributed by atoms with E-state index in [9.17, 15) is 17.2 Å². The molecular formula is C10H6F2N4O2S2. The minimum Gasteiger partial charge on any atom is -0.223 e. The second-order valence-electron chi connectivity index (χ2n) is 3.90. The molecule has 3 aromatic rings. The van der Waals surface area contributed by atoms with Crippen molar-refractivity contribution in [2.75, 3.05) is 0 Å². The number of nitrogens with two attached hydrogens (primary N) is 1. The van der Waals surface area contributed by atoms with Crippen LogP contribution in [0.4, 0.5) is 8.78 Å². The van der Waals surface area contributed by atoms with Crippen molar-refractivity contribution in [1.82, 2.24) is 14.6 Å². The van der Waals surface area contributed by atoms with Crippen LogP contribution in [0.1, 0.15) is 0 Å². The highest BCUT2D eigenvalue weighted by Crippen LogP contribution is 2.24. The van der Waals surface area contributed by atoms with E-state index in [2.05, 4.69) is 10.1 Å². The van der Waals surface area contributed by atoms with Crippen molar-refractivity contribution in [2.24, 2.45) is 5.14 Å². The van der Waals surface area contributed by atoms with Gasteiger partial charge in [0.1, 0.15) is 0 Å². The van der Waals surface area contributed by atoms with Gasteiger partial charge in [-0.15, -0.1) is 5.10 Å². The van der Waals surface area contributed by atoms with Gasteiger partial charge in [0.05, 0.1) is 11.9 Å². The van der Waals surface area contributed by atoms with Gasteiger partial charge in [-0.2, -0.15) is 0 Å². The van der Waals surface area contributed by atoms with E-state index >= 15 is 0 Å².